The van der Waals surface area contributed by atoms with Crippen LogP contribution in [0.25, 0.3) is 0 Å². The molecule has 1 atom stereocenters. The molecule has 1 N–H and O–H groups in total. The number of fused-ring (bicyclic) bond motifs is 1. The van der Waals surface area contributed by atoms with E-state index in [4.69, 9.17) is 21.1 Å². The van der Waals surface area contributed by atoms with E-state index in [2.05, 4.69) is 5.32 Å². The molecule has 2 aliphatic heterocycles. The summed E-state index contributed by atoms with van der Waals surface area (Å²) in [5.74, 6) is 0.799. The van der Waals surface area contributed by atoms with Gasteiger partial charge in [0.15, 0.2) is 11.5 Å². The minimum Gasteiger partial charge on any atom is -0.486 e. The molecule has 2 amide bonds. The molecule has 0 unspecified atom stereocenters. The molecule has 2 aromatic rings. The van der Waals surface area contributed by atoms with Gasteiger partial charge in [-0.15, -0.1) is 0 Å². The van der Waals surface area contributed by atoms with Gasteiger partial charge in [-0.2, -0.15) is 0 Å². The van der Waals surface area contributed by atoms with Crippen molar-refractivity contribution >= 4 is 29.1 Å². The summed E-state index contributed by atoms with van der Waals surface area (Å²) < 4.78 is 11.1. The summed E-state index contributed by atoms with van der Waals surface area (Å²) in [6, 6.07) is 13.0. The Hall–Kier alpha value is -2.73. The topological polar surface area (TPSA) is 67.9 Å². The van der Waals surface area contributed by atoms with Crippen molar-refractivity contribution in [3.63, 3.8) is 0 Å². The van der Waals surface area contributed by atoms with Crippen LogP contribution in [0.2, 0.25) is 5.02 Å². The van der Waals surface area contributed by atoms with Crippen LogP contribution in [0.15, 0.2) is 42.5 Å². The SMILES string of the molecule is O=C(NCCc1ccc(Cl)cc1)[C@H]1CC(=O)N(c2ccc3c(c2)OCCO3)C1. The third-order valence-electron chi connectivity index (χ3n) is 4.96. The van der Waals surface area contributed by atoms with Gasteiger partial charge < -0.3 is 19.7 Å². The molecular formula is C21H21ClN2O4. The first-order valence-electron chi connectivity index (χ1n) is 9.32. The van der Waals surface area contributed by atoms with Crippen molar-refractivity contribution in [2.75, 3.05) is 31.2 Å². The van der Waals surface area contributed by atoms with Gasteiger partial charge in [0.05, 0.1) is 5.92 Å². The Morgan fingerprint density at radius 2 is 1.86 bits per heavy atom. The molecule has 1 saturated heterocycles. The molecule has 0 saturated carbocycles. The van der Waals surface area contributed by atoms with Crippen LogP contribution in [-0.4, -0.2) is 38.1 Å². The monoisotopic (exact) mass is 400 g/mol. The Morgan fingerprint density at radius 3 is 2.64 bits per heavy atom. The second kappa shape index (κ2) is 8.10. The van der Waals surface area contributed by atoms with Gasteiger partial charge in [-0.25, -0.2) is 0 Å². The van der Waals surface area contributed by atoms with Gasteiger partial charge in [0.25, 0.3) is 0 Å². The number of halogens is 1. The highest BCUT2D eigenvalue weighted by molar-refractivity contribution is 6.30. The van der Waals surface area contributed by atoms with Crippen molar-refractivity contribution < 1.29 is 19.1 Å². The van der Waals surface area contributed by atoms with Crippen LogP contribution in [-0.2, 0) is 16.0 Å². The smallest absolute Gasteiger partial charge is 0.227 e. The summed E-state index contributed by atoms with van der Waals surface area (Å²) in [6.45, 7) is 1.90. The lowest BCUT2D eigenvalue weighted by atomic mass is 10.1. The Bertz CT molecular complexity index is 884. The van der Waals surface area contributed by atoms with Gasteiger partial charge in [0.1, 0.15) is 13.2 Å². The number of benzene rings is 2. The van der Waals surface area contributed by atoms with E-state index in [0.29, 0.717) is 42.8 Å². The molecule has 7 heteroatoms. The van der Waals surface area contributed by atoms with Crippen molar-refractivity contribution in [1.29, 1.82) is 0 Å². The van der Waals surface area contributed by atoms with E-state index in [1.807, 2.05) is 30.3 Å². The summed E-state index contributed by atoms with van der Waals surface area (Å²) in [7, 11) is 0. The van der Waals surface area contributed by atoms with Gasteiger partial charge in [-0.05, 0) is 36.2 Å². The average molecular weight is 401 g/mol. The second-order valence-corrected chi connectivity index (χ2v) is 7.34. The fourth-order valence-electron chi connectivity index (χ4n) is 3.46. The molecule has 6 nitrogen and oxygen atoms in total. The number of hydrogen-bond donors (Lipinski definition) is 1. The lowest BCUT2D eigenvalue weighted by Crippen LogP contribution is -2.34. The van der Waals surface area contributed by atoms with E-state index in [0.717, 1.165) is 17.7 Å². The lowest BCUT2D eigenvalue weighted by molar-refractivity contribution is -0.126. The number of nitrogens with zero attached hydrogens (tertiary/aromatic N) is 1. The number of amides is 2. The number of rotatable bonds is 5. The van der Waals surface area contributed by atoms with E-state index in [1.165, 1.54) is 0 Å². The second-order valence-electron chi connectivity index (χ2n) is 6.90. The number of ether oxygens (including phenoxy) is 2. The van der Waals surface area contributed by atoms with E-state index in [1.54, 1.807) is 17.0 Å². The maximum absolute atomic E-state index is 12.5. The molecule has 0 radical (unpaired) electrons. The summed E-state index contributed by atoms with van der Waals surface area (Å²) in [4.78, 5) is 26.6. The van der Waals surface area contributed by atoms with Gasteiger partial charge >= 0.3 is 0 Å². The summed E-state index contributed by atoms with van der Waals surface area (Å²) in [6.07, 6.45) is 0.927. The van der Waals surface area contributed by atoms with E-state index < -0.39 is 0 Å². The zero-order valence-electron chi connectivity index (χ0n) is 15.3. The predicted octanol–water partition coefficient (Wildman–Crippen LogP) is 2.82. The van der Waals surface area contributed by atoms with Crippen LogP contribution in [0.3, 0.4) is 0 Å². The molecule has 2 heterocycles. The summed E-state index contributed by atoms with van der Waals surface area (Å²) in [5, 5.41) is 3.63. The number of carbonyl (C=O) groups excluding carboxylic acids is 2. The van der Waals surface area contributed by atoms with Crippen molar-refractivity contribution in [2.24, 2.45) is 5.92 Å². The minimum atomic E-state index is -0.356. The Morgan fingerprint density at radius 1 is 1.11 bits per heavy atom. The summed E-state index contributed by atoms with van der Waals surface area (Å²) in [5.41, 5.74) is 1.83. The number of hydrogen-bond acceptors (Lipinski definition) is 4. The van der Waals surface area contributed by atoms with Gasteiger partial charge in [-0.1, -0.05) is 23.7 Å². The van der Waals surface area contributed by atoms with Crippen LogP contribution in [0.1, 0.15) is 12.0 Å². The zero-order valence-corrected chi connectivity index (χ0v) is 16.1. The lowest BCUT2D eigenvalue weighted by Gasteiger charge is -2.22. The highest BCUT2D eigenvalue weighted by Crippen LogP contribution is 2.35. The Labute approximate surface area is 168 Å². The van der Waals surface area contributed by atoms with Gasteiger partial charge in [0, 0.05) is 36.3 Å². The van der Waals surface area contributed by atoms with Crippen molar-refractivity contribution in [1.82, 2.24) is 5.32 Å². The highest BCUT2D eigenvalue weighted by Gasteiger charge is 2.35. The first-order valence-corrected chi connectivity index (χ1v) is 9.70. The quantitative estimate of drug-likeness (QED) is 0.838. The van der Waals surface area contributed by atoms with Crippen molar-refractivity contribution in [2.45, 2.75) is 12.8 Å². The first kappa shape index (κ1) is 18.6. The molecule has 2 aromatic carbocycles. The minimum absolute atomic E-state index is 0.0606. The molecule has 0 bridgehead atoms. The maximum atomic E-state index is 12.5. The number of carbonyl (C=O) groups is 2. The van der Waals surface area contributed by atoms with Gasteiger partial charge in [0.2, 0.25) is 11.8 Å². The van der Waals surface area contributed by atoms with Crippen molar-refractivity contribution in [3.8, 4) is 11.5 Å². The van der Waals surface area contributed by atoms with E-state index in [-0.39, 0.29) is 24.2 Å². The molecule has 28 heavy (non-hydrogen) atoms. The Balaban J connectivity index is 1.33. The van der Waals surface area contributed by atoms with Crippen LogP contribution in [0, 0.1) is 5.92 Å². The summed E-state index contributed by atoms with van der Waals surface area (Å²) >= 11 is 5.88. The normalized spacial score (nSPS) is 18.2. The zero-order chi connectivity index (χ0) is 19.5. The maximum Gasteiger partial charge on any atom is 0.227 e. The number of nitrogens with one attached hydrogen (secondary N) is 1. The van der Waals surface area contributed by atoms with Crippen molar-refractivity contribution in [3.05, 3.63) is 53.1 Å². The largest absolute Gasteiger partial charge is 0.486 e. The Kier molecular flexibility index (Phi) is 5.39. The van der Waals surface area contributed by atoms with Crippen LogP contribution >= 0.6 is 11.6 Å². The number of anilines is 1. The predicted molar refractivity (Wildman–Crippen MR) is 106 cm³/mol. The fraction of sp³-hybridized carbons (Fsp3) is 0.333. The van der Waals surface area contributed by atoms with Crippen LogP contribution in [0.4, 0.5) is 5.69 Å². The van der Waals surface area contributed by atoms with Gasteiger partial charge in [-0.3, -0.25) is 9.59 Å². The molecule has 2 aliphatic rings. The fourth-order valence-corrected chi connectivity index (χ4v) is 3.58. The molecular weight excluding hydrogens is 380 g/mol. The third kappa shape index (κ3) is 4.07. The van der Waals surface area contributed by atoms with Crippen LogP contribution in [0.5, 0.6) is 11.5 Å². The molecule has 1 fully saturated rings. The average Bonchev–Trinajstić information content (AvgIpc) is 3.11. The van der Waals surface area contributed by atoms with Crippen LogP contribution < -0.4 is 19.7 Å². The standard InChI is InChI=1S/C21H21ClN2O4/c22-16-3-1-14(2-4-16)7-8-23-21(26)15-11-20(25)24(13-15)17-5-6-18-19(12-17)28-10-9-27-18/h1-6,12,15H,7-11,13H2,(H,23,26)/t15-/m0/s1. The molecule has 0 aliphatic carbocycles. The molecule has 0 aromatic heterocycles. The molecule has 0 spiro atoms. The van der Waals surface area contributed by atoms with E-state index in [9.17, 15) is 9.59 Å². The third-order valence-corrected chi connectivity index (χ3v) is 5.21. The molecule has 4 rings (SSSR count). The molecule has 146 valence electrons. The highest BCUT2D eigenvalue weighted by atomic mass is 35.5. The van der Waals surface area contributed by atoms with E-state index >= 15 is 0 Å². The first-order chi connectivity index (χ1) is 13.6.